The Bertz CT molecular complexity index is 737. The van der Waals surface area contributed by atoms with Crippen LogP contribution in [0.4, 0.5) is 5.82 Å². The quantitative estimate of drug-likeness (QED) is 0.760. The zero-order valence-electron chi connectivity index (χ0n) is 14.5. The lowest BCUT2D eigenvalue weighted by Gasteiger charge is -2.15. The Morgan fingerprint density at radius 2 is 2.04 bits per heavy atom. The van der Waals surface area contributed by atoms with E-state index in [0.29, 0.717) is 46.9 Å². The lowest BCUT2D eigenvalue weighted by molar-refractivity contribution is 0.102. The van der Waals surface area contributed by atoms with E-state index in [1.807, 2.05) is 13.8 Å². The summed E-state index contributed by atoms with van der Waals surface area (Å²) in [7, 11) is 1.51. The SMILES string of the molecule is CCCOc1c(Cl)cc(C(=O)Nc2ncccc2OC)cc1OCC. The second-order valence-electron chi connectivity index (χ2n) is 5.08. The van der Waals surface area contributed by atoms with Crippen LogP contribution in [0.5, 0.6) is 17.2 Å². The molecule has 0 saturated carbocycles. The Kier molecular flexibility index (Phi) is 6.89. The van der Waals surface area contributed by atoms with Crippen molar-refractivity contribution in [2.75, 3.05) is 25.6 Å². The summed E-state index contributed by atoms with van der Waals surface area (Å²) < 4.78 is 16.4. The van der Waals surface area contributed by atoms with Crippen molar-refractivity contribution < 1.29 is 19.0 Å². The fourth-order valence-electron chi connectivity index (χ4n) is 2.14. The van der Waals surface area contributed by atoms with Gasteiger partial charge in [-0.05, 0) is 37.6 Å². The largest absolute Gasteiger partial charge is 0.493 e. The van der Waals surface area contributed by atoms with Crippen LogP contribution in [-0.4, -0.2) is 31.2 Å². The highest BCUT2D eigenvalue weighted by molar-refractivity contribution is 6.32. The number of nitrogens with one attached hydrogen (secondary N) is 1. The first-order valence-electron chi connectivity index (χ1n) is 8.00. The number of anilines is 1. The molecule has 7 heteroatoms. The van der Waals surface area contributed by atoms with Gasteiger partial charge in [0.05, 0.1) is 25.3 Å². The molecule has 2 rings (SSSR count). The predicted molar refractivity (Wildman–Crippen MR) is 97.1 cm³/mol. The standard InChI is InChI=1S/C18H21ClN2O4/c1-4-9-25-16-13(19)10-12(11-15(16)24-5-2)18(22)21-17-14(23-3)7-6-8-20-17/h6-8,10-11H,4-5,9H2,1-3H3,(H,20,21,22). The van der Waals surface area contributed by atoms with E-state index in [4.69, 9.17) is 25.8 Å². The maximum absolute atomic E-state index is 12.6. The third-order valence-corrected chi connectivity index (χ3v) is 3.53. The Balaban J connectivity index is 2.30. The van der Waals surface area contributed by atoms with Crippen molar-refractivity contribution >= 4 is 23.3 Å². The molecule has 6 nitrogen and oxygen atoms in total. The van der Waals surface area contributed by atoms with Gasteiger partial charge in [0.2, 0.25) is 0 Å². The summed E-state index contributed by atoms with van der Waals surface area (Å²) in [6.45, 7) is 4.79. The van der Waals surface area contributed by atoms with Gasteiger partial charge in [-0.1, -0.05) is 18.5 Å². The summed E-state index contributed by atoms with van der Waals surface area (Å²) in [6.07, 6.45) is 2.40. The number of benzene rings is 1. The van der Waals surface area contributed by atoms with E-state index < -0.39 is 0 Å². The molecule has 0 atom stereocenters. The summed E-state index contributed by atoms with van der Waals surface area (Å²) in [5.74, 6) is 1.30. The fraction of sp³-hybridized carbons (Fsp3) is 0.333. The van der Waals surface area contributed by atoms with Crippen LogP contribution in [0.1, 0.15) is 30.6 Å². The molecule has 25 heavy (non-hydrogen) atoms. The molecule has 2 aromatic rings. The van der Waals surface area contributed by atoms with Gasteiger partial charge >= 0.3 is 0 Å². The predicted octanol–water partition coefficient (Wildman–Crippen LogP) is 4.18. The van der Waals surface area contributed by atoms with Gasteiger partial charge in [0, 0.05) is 11.8 Å². The molecule has 1 heterocycles. The number of carbonyl (C=O) groups excluding carboxylic acids is 1. The molecule has 0 aliphatic rings. The number of hydrogen-bond donors (Lipinski definition) is 1. The second-order valence-corrected chi connectivity index (χ2v) is 5.48. The molecule has 0 saturated heterocycles. The molecule has 0 aliphatic carbocycles. The van der Waals surface area contributed by atoms with E-state index in [-0.39, 0.29) is 5.91 Å². The maximum Gasteiger partial charge on any atom is 0.257 e. The van der Waals surface area contributed by atoms with Crippen LogP contribution in [0.15, 0.2) is 30.5 Å². The smallest absolute Gasteiger partial charge is 0.257 e. The fourth-order valence-corrected chi connectivity index (χ4v) is 2.40. The lowest BCUT2D eigenvalue weighted by Crippen LogP contribution is -2.14. The van der Waals surface area contributed by atoms with Gasteiger partial charge in [-0.2, -0.15) is 0 Å². The van der Waals surface area contributed by atoms with E-state index in [2.05, 4.69) is 10.3 Å². The number of rotatable bonds is 8. The zero-order chi connectivity index (χ0) is 18.2. The number of halogens is 1. The Morgan fingerprint density at radius 1 is 1.24 bits per heavy atom. The molecule has 0 bridgehead atoms. The van der Waals surface area contributed by atoms with E-state index in [9.17, 15) is 4.79 Å². The Hall–Kier alpha value is -2.47. The number of methoxy groups -OCH3 is 1. The number of amides is 1. The van der Waals surface area contributed by atoms with Crippen LogP contribution < -0.4 is 19.5 Å². The minimum Gasteiger partial charge on any atom is -0.493 e. The van der Waals surface area contributed by atoms with Crippen molar-refractivity contribution in [3.8, 4) is 17.2 Å². The minimum absolute atomic E-state index is 0.317. The van der Waals surface area contributed by atoms with Crippen LogP contribution in [0.25, 0.3) is 0 Å². The Labute approximate surface area is 152 Å². The summed E-state index contributed by atoms with van der Waals surface area (Å²) in [6, 6.07) is 6.58. The van der Waals surface area contributed by atoms with E-state index >= 15 is 0 Å². The van der Waals surface area contributed by atoms with Crippen LogP contribution in [0, 0.1) is 0 Å². The summed E-state index contributed by atoms with van der Waals surface area (Å²) >= 11 is 6.29. The molecule has 0 radical (unpaired) electrons. The molecule has 0 aliphatic heterocycles. The molecule has 1 amide bonds. The van der Waals surface area contributed by atoms with Gasteiger partial charge in [-0.3, -0.25) is 4.79 Å². The molecular formula is C18H21ClN2O4. The third kappa shape index (κ3) is 4.76. The molecule has 1 N–H and O–H groups in total. The monoisotopic (exact) mass is 364 g/mol. The highest BCUT2D eigenvalue weighted by atomic mass is 35.5. The first-order chi connectivity index (χ1) is 12.1. The van der Waals surface area contributed by atoms with Gasteiger partial charge in [0.15, 0.2) is 23.1 Å². The van der Waals surface area contributed by atoms with Gasteiger partial charge in [-0.15, -0.1) is 0 Å². The van der Waals surface area contributed by atoms with Crippen molar-refractivity contribution in [1.29, 1.82) is 0 Å². The number of nitrogens with zero attached hydrogens (tertiary/aromatic N) is 1. The van der Waals surface area contributed by atoms with Gasteiger partial charge < -0.3 is 19.5 Å². The number of hydrogen-bond acceptors (Lipinski definition) is 5. The van der Waals surface area contributed by atoms with Crippen LogP contribution in [-0.2, 0) is 0 Å². The molecule has 0 spiro atoms. The molecular weight excluding hydrogens is 344 g/mol. The average Bonchev–Trinajstić information content (AvgIpc) is 2.61. The number of pyridine rings is 1. The maximum atomic E-state index is 12.6. The number of carbonyl (C=O) groups is 1. The summed E-state index contributed by atoms with van der Waals surface area (Å²) in [4.78, 5) is 16.7. The van der Waals surface area contributed by atoms with Gasteiger partial charge in [0.1, 0.15) is 0 Å². The molecule has 1 aromatic carbocycles. The van der Waals surface area contributed by atoms with Crippen LogP contribution in [0.2, 0.25) is 5.02 Å². The van der Waals surface area contributed by atoms with Crippen molar-refractivity contribution in [3.05, 3.63) is 41.0 Å². The second kappa shape index (κ2) is 9.13. The van der Waals surface area contributed by atoms with Crippen molar-refractivity contribution in [3.63, 3.8) is 0 Å². The van der Waals surface area contributed by atoms with Crippen molar-refractivity contribution in [2.45, 2.75) is 20.3 Å². The summed E-state index contributed by atoms with van der Waals surface area (Å²) in [5.41, 5.74) is 0.338. The van der Waals surface area contributed by atoms with Crippen molar-refractivity contribution in [1.82, 2.24) is 4.98 Å². The average molecular weight is 365 g/mol. The molecule has 1 aromatic heterocycles. The first kappa shape index (κ1) is 18.9. The van der Waals surface area contributed by atoms with Crippen LogP contribution >= 0.6 is 11.6 Å². The molecule has 0 fully saturated rings. The first-order valence-corrected chi connectivity index (χ1v) is 8.38. The third-order valence-electron chi connectivity index (χ3n) is 3.24. The number of aromatic nitrogens is 1. The van der Waals surface area contributed by atoms with E-state index in [0.717, 1.165) is 6.42 Å². The van der Waals surface area contributed by atoms with E-state index in [1.54, 1.807) is 30.5 Å². The summed E-state index contributed by atoms with van der Waals surface area (Å²) in [5, 5.41) is 3.02. The van der Waals surface area contributed by atoms with E-state index in [1.165, 1.54) is 7.11 Å². The number of ether oxygens (including phenoxy) is 3. The Morgan fingerprint density at radius 3 is 2.72 bits per heavy atom. The van der Waals surface area contributed by atoms with Gasteiger partial charge in [-0.25, -0.2) is 4.98 Å². The highest BCUT2D eigenvalue weighted by Gasteiger charge is 2.17. The van der Waals surface area contributed by atoms with Gasteiger partial charge in [0.25, 0.3) is 5.91 Å². The normalized spacial score (nSPS) is 10.2. The topological polar surface area (TPSA) is 69.7 Å². The molecule has 134 valence electrons. The van der Waals surface area contributed by atoms with Crippen molar-refractivity contribution in [2.24, 2.45) is 0 Å². The molecule has 0 unspecified atom stereocenters. The lowest BCUT2D eigenvalue weighted by atomic mass is 10.2. The van der Waals surface area contributed by atoms with Crippen LogP contribution in [0.3, 0.4) is 0 Å². The minimum atomic E-state index is -0.373. The highest BCUT2D eigenvalue weighted by Crippen LogP contribution is 2.37. The zero-order valence-corrected chi connectivity index (χ0v) is 15.2.